The number of aromatic nitrogens is 2. The second-order valence-corrected chi connectivity index (χ2v) is 3.92. The van der Waals surface area contributed by atoms with E-state index in [1.165, 1.54) is 12.5 Å². The van der Waals surface area contributed by atoms with Crippen LogP contribution >= 0.6 is 0 Å². The number of aromatic amines is 1. The van der Waals surface area contributed by atoms with E-state index in [9.17, 15) is 9.59 Å². The number of H-pyrrole nitrogens is 1. The Morgan fingerprint density at radius 3 is 2.95 bits per heavy atom. The molecule has 0 aliphatic carbocycles. The molecule has 1 unspecified atom stereocenters. The largest absolute Gasteiger partial charge is 0.480 e. The highest BCUT2D eigenvalue weighted by molar-refractivity contribution is 5.82. The zero-order valence-electron chi connectivity index (χ0n) is 10.7. The van der Waals surface area contributed by atoms with Gasteiger partial charge in [0.1, 0.15) is 6.04 Å². The molecule has 0 aliphatic heterocycles. The van der Waals surface area contributed by atoms with Gasteiger partial charge >= 0.3 is 12.0 Å². The zero-order chi connectivity index (χ0) is 14.1. The van der Waals surface area contributed by atoms with Gasteiger partial charge in [0.25, 0.3) is 0 Å². The maximum atomic E-state index is 11.5. The molecule has 0 saturated carbocycles. The number of carbonyl (C=O) groups is 2. The Hall–Kier alpha value is -2.09. The van der Waals surface area contributed by atoms with Crippen molar-refractivity contribution in [3.63, 3.8) is 0 Å². The third-order valence-electron chi connectivity index (χ3n) is 2.39. The highest BCUT2D eigenvalue weighted by Gasteiger charge is 2.20. The molecule has 0 aliphatic rings. The van der Waals surface area contributed by atoms with Crippen molar-refractivity contribution in [2.75, 3.05) is 20.3 Å². The minimum Gasteiger partial charge on any atom is -0.480 e. The van der Waals surface area contributed by atoms with Gasteiger partial charge in [-0.2, -0.15) is 0 Å². The third-order valence-corrected chi connectivity index (χ3v) is 2.39. The van der Waals surface area contributed by atoms with E-state index in [4.69, 9.17) is 9.84 Å². The van der Waals surface area contributed by atoms with Crippen molar-refractivity contribution >= 4 is 12.0 Å². The summed E-state index contributed by atoms with van der Waals surface area (Å²) in [5.41, 5.74) is 0.645. The summed E-state index contributed by atoms with van der Waals surface area (Å²) in [6.45, 7) is 0.965. The number of hydrogen-bond acceptors (Lipinski definition) is 4. The van der Waals surface area contributed by atoms with Gasteiger partial charge in [-0.1, -0.05) is 0 Å². The van der Waals surface area contributed by atoms with E-state index < -0.39 is 18.0 Å². The van der Waals surface area contributed by atoms with Crippen LogP contribution in [-0.2, 0) is 16.0 Å². The highest BCUT2D eigenvalue weighted by Crippen LogP contribution is 1.98. The third kappa shape index (κ3) is 5.87. The minimum absolute atomic E-state index is 0.154. The summed E-state index contributed by atoms with van der Waals surface area (Å²) in [5, 5.41) is 14.0. The van der Waals surface area contributed by atoms with Crippen molar-refractivity contribution in [2.24, 2.45) is 0 Å². The molecule has 0 fully saturated rings. The average Bonchev–Trinajstić information content (AvgIpc) is 2.86. The van der Waals surface area contributed by atoms with E-state index in [2.05, 4.69) is 20.6 Å². The van der Waals surface area contributed by atoms with Gasteiger partial charge in [0.2, 0.25) is 0 Å². The van der Waals surface area contributed by atoms with Crippen LogP contribution in [0.5, 0.6) is 0 Å². The predicted octanol–water partition coefficient (Wildman–Crippen LogP) is -0.259. The normalized spacial score (nSPS) is 11.8. The van der Waals surface area contributed by atoms with Crippen LogP contribution < -0.4 is 10.6 Å². The van der Waals surface area contributed by atoms with E-state index >= 15 is 0 Å². The molecule has 4 N–H and O–H groups in total. The topological polar surface area (TPSA) is 116 Å². The van der Waals surface area contributed by atoms with Gasteiger partial charge in [0.15, 0.2) is 0 Å². The van der Waals surface area contributed by atoms with Crippen molar-refractivity contribution in [3.05, 3.63) is 18.2 Å². The summed E-state index contributed by atoms with van der Waals surface area (Å²) in [5.74, 6) is -1.10. The van der Waals surface area contributed by atoms with E-state index in [1.807, 2.05) is 0 Å². The second kappa shape index (κ2) is 8.09. The lowest BCUT2D eigenvalue weighted by Gasteiger charge is -2.14. The van der Waals surface area contributed by atoms with Gasteiger partial charge in [-0.25, -0.2) is 14.6 Å². The highest BCUT2D eigenvalue weighted by atomic mass is 16.5. The fraction of sp³-hybridized carbons (Fsp3) is 0.545. The molecule has 8 nitrogen and oxygen atoms in total. The van der Waals surface area contributed by atoms with Gasteiger partial charge in [-0.15, -0.1) is 0 Å². The van der Waals surface area contributed by atoms with E-state index in [0.717, 1.165) is 0 Å². The Balaban J connectivity index is 2.36. The van der Waals surface area contributed by atoms with Crippen LogP contribution in [0.2, 0.25) is 0 Å². The quantitative estimate of drug-likeness (QED) is 0.486. The number of methoxy groups -OCH3 is 1. The van der Waals surface area contributed by atoms with Crippen LogP contribution in [0.1, 0.15) is 12.1 Å². The Bertz CT molecular complexity index is 393. The van der Waals surface area contributed by atoms with Crippen molar-refractivity contribution in [3.8, 4) is 0 Å². The summed E-state index contributed by atoms with van der Waals surface area (Å²) in [7, 11) is 1.57. The first-order valence-corrected chi connectivity index (χ1v) is 5.87. The maximum absolute atomic E-state index is 11.5. The molecule has 1 heterocycles. The van der Waals surface area contributed by atoms with Crippen LogP contribution in [0.4, 0.5) is 4.79 Å². The second-order valence-electron chi connectivity index (χ2n) is 3.92. The van der Waals surface area contributed by atoms with E-state index in [0.29, 0.717) is 25.3 Å². The van der Waals surface area contributed by atoms with Crippen LogP contribution in [0, 0.1) is 0 Å². The number of nitrogens with one attached hydrogen (secondary N) is 3. The van der Waals surface area contributed by atoms with Gasteiger partial charge < -0.3 is 25.5 Å². The van der Waals surface area contributed by atoms with Crippen LogP contribution in [0.15, 0.2) is 12.5 Å². The average molecular weight is 270 g/mol. The molecule has 0 bridgehead atoms. The van der Waals surface area contributed by atoms with Crippen molar-refractivity contribution in [1.82, 2.24) is 20.6 Å². The molecule has 0 spiro atoms. The van der Waals surface area contributed by atoms with Crippen molar-refractivity contribution in [1.29, 1.82) is 0 Å². The SMILES string of the molecule is COCCCNC(=O)NC(Cc1cnc[nH]1)C(=O)O. The van der Waals surface area contributed by atoms with Crippen LogP contribution in [0.25, 0.3) is 0 Å². The number of amides is 2. The molecule has 0 aromatic carbocycles. The molecule has 2 amide bonds. The van der Waals surface area contributed by atoms with Gasteiger partial charge in [0.05, 0.1) is 6.33 Å². The standard InChI is InChI=1S/C11H18N4O4/c1-19-4-2-3-13-11(18)15-9(10(16)17)5-8-6-12-7-14-8/h6-7,9H,2-5H2,1H3,(H,12,14)(H,16,17)(H2,13,15,18). The molecular formula is C11H18N4O4. The summed E-state index contributed by atoms with van der Waals surface area (Å²) in [4.78, 5) is 29.1. The monoisotopic (exact) mass is 270 g/mol. The molecule has 0 saturated heterocycles. The first-order chi connectivity index (χ1) is 9.13. The maximum Gasteiger partial charge on any atom is 0.326 e. The fourth-order valence-corrected chi connectivity index (χ4v) is 1.44. The Labute approximate surface area is 110 Å². The summed E-state index contributed by atoms with van der Waals surface area (Å²) >= 11 is 0. The van der Waals surface area contributed by atoms with E-state index in [-0.39, 0.29) is 6.42 Å². The number of hydrogen-bond donors (Lipinski definition) is 4. The molecule has 0 radical (unpaired) electrons. The number of rotatable bonds is 8. The number of nitrogens with zero attached hydrogens (tertiary/aromatic N) is 1. The van der Waals surface area contributed by atoms with Crippen molar-refractivity contribution < 1.29 is 19.4 Å². The number of urea groups is 1. The number of carbonyl (C=O) groups excluding carboxylic acids is 1. The Kier molecular flexibility index (Phi) is 6.37. The van der Waals surface area contributed by atoms with E-state index in [1.54, 1.807) is 7.11 Å². The molecule has 1 rings (SSSR count). The fourth-order valence-electron chi connectivity index (χ4n) is 1.44. The molecule has 1 aromatic rings. The molecule has 1 atom stereocenters. The van der Waals surface area contributed by atoms with Crippen LogP contribution in [-0.4, -0.2) is 53.4 Å². The molecule has 106 valence electrons. The Morgan fingerprint density at radius 2 is 2.37 bits per heavy atom. The minimum atomic E-state index is -1.10. The first-order valence-electron chi connectivity index (χ1n) is 5.87. The number of imidazole rings is 1. The first kappa shape index (κ1) is 15.0. The molecule has 8 heteroatoms. The summed E-state index contributed by atoms with van der Waals surface area (Å²) in [6, 6.07) is -1.51. The number of carboxylic acids is 1. The van der Waals surface area contributed by atoms with Gasteiger partial charge in [-0.05, 0) is 6.42 Å². The van der Waals surface area contributed by atoms with Crippen LogP contribution in [0.3, 0.4) is 0 Å². The zero-order valence-corrected chi connectivity index (χ0v) is 10.7. The summed E-state index contributed by atoms with van der Waals surface area (Å²) in [6.07, 6.45) is 3.80. The smallest absolute Gasteiger partial charge is 0.326 e. The lowest BCUT2D eigenvalue weighted by atomic mass is 10.2. The summed E-state index contributed by atoms with van der Waals surface area (Å²) < 4.78 is 4.84. The number of aliphatic carboxylic acids is 1. The lowest BCUT2D eigenvalue weighted by Crippen LogP contribution is -2.47. The number of carboxylic acid groups (broad SMARTS) is 1. The van der Waals surface area contributed by atoms with Gasteiger partial charge in [-0.3, -0.25) is 0 Å². The molecule has 19 heavy (non-hydrogen) atoms. The lowest BCUT2D eigenvalue weighted by molar-refractivity contribution is -0.139. The Morgan fingerprint density at radius 1 is 1.58 bits per heavy atom. The molecular weight excluding hydrogens is 252 g/mol. The number of ether oxygens (including phenoxy) is 1. The van der Waals surface area contributed by atoms with Crippen molar-refractivity contribution in [2.45, 2.75) is 18.9 Å². The predicted molar refractivity (Wildman–Crippen MR) is 66.7 cm³/mol. The van der Waals surface area contributed by atoms with Gasteiger partial charge in [0, 0.05) is 38.6 Å². The molecule has 1 aromatic heterocycles.